The van der Waals surface area contributed by atoms with E-state index in [2.05, 4.69) is 0 Å². The van der Waals surface area contributed by atoms with Crippen LogP contribution in [0.25, 0.3) is 0 Å². The molecule has 0 aliphatic carbocycles. The smallest absolute Gasteiger partial charge is 0.108 e. The summed E-state index contributed by atoms with van der Waals surface area (Å²) in [6.45, 7) is 0.811. The van der Waals surface area contributed by atoms with Crippen molar-refractivity contribution in [1.29, 1.82) is 0 Å². The molecule has 5 nitrogen and oxygen atoms in total. The van der Waals surface area contributed by atoms with E-state index in [4.69, 9.17) is 0 Å². The Morgan fingerprint density at radius 3 is 2.31 bits per heavy atom. The topological polar surface area (TPSA) is 84.2 Å². The average molecular weight is 189 g/mol. The largest absolute Gasteiger partial charge is 0.392 e. The van der Waals surface area contributed by atoms with Crippen LogP contribution in [0, 0.1) is 0 Å². The number of rotatable bonds is 0. The van der Waals surface area contributed by atoms with Crippen molar-refractivity contribution in [3.05, 3.63) is 0 Å². The van der Waals surface area contributed by atoms with Crippen LogP contribution in [0.4, 0.5) is 0 Å². The molecule has 0 radical (unpaired) electrons. The normalized spacial score (nSPS) is 52.2. The van der Waals surface area contributed by atoms with Crippen molar-refractivity contribution < 1.29 is 20.4 Å². The Morgan fingerprint density at radius 2 is 1.62 bits per heavy atom. The highest BCUT2D eigenvalue weighted by Crippen LogP contribution is 2.27. The molecule has 0 aromatic carbocycles. The van der Waals surface area contributed by atoms with Gasteiger partial charge in [-0.15, -0.1) is 0 Å². The lowest BCUT2D eigenvalue weighted by atomic mass is 9.94. The number of aliphatic hydroxyl groups excluding tert-OH is 4. The van der Waals surface area contributed by atoms with Crippen molar-refractivity contribution in [2.45, 2.75) is 36.9 Å². The second kappa shape index (κ2) is 3.18. The Morgan fingerprint density at radius 1 is 0.923 bits per heavy atom. The van der Waals surface area contributed by atoms with Crippen LogP contribution in [0.2, 0.25) is 0 Å². The molecule has 2 aliphatic rings. The Bertz CT molecular complexity index is 199. The molecular formula is C8H15NO4. The van der Waals surface area contributed by atoms with Gasteiger partial charge in [-0.2, -0.15) is 0 Å². The highest BCUT2D eigenvalue weighted by Gasteiger charge is 2.45. The molecular weight excluding hydrogens is 174 g/mol. The van der Waals surface area contributed by atoms with E-state index in [9.17, 15) is 20.4 Å². The quantitative estimate of drug-likeness (QED) is 0.339. The van der Waals surface area contributed by atoms with Gasteiger partial charge in [0.1, 0.15) is 6.10 Å². The predicted octanol–water partition coefficient (Wildman–Crippen LogP) is -2.48. The summed E-state index contributed by atoms with van der Waals surface area (Å²) in [5, 5.41) is 37.6. The number of hydrogen-bond donors (Lipinski definition) is 4. The minimum absolute atomic E-state index is 0.201. The van der Waals surface area contributed by atoms with Crippen molar-refractivity contribution in [3.63, 3.8) is 0 Å². The lowest BCUT2D eigenvalue weighted by molar-refractivity contribution is -0.127. The molecule has 2 fully saturated rings. The third-order valence-corrected chi connectivity index (χ3v) is 2.99. The van der Waals surface area contributed by atoms with E-state index in [-0.39, 0.29) is 6.04 Å². The molecule has 5 heteroatoms. The first kappa shape index (κ1) is 9.36. The van der Waals surface area contributed by atoms with E-state index in [0.717, 1.165) is 0 Å². The summed E-state index contributed by atoms with van der Waals surface area (Å²) in [5.74, 6) is 0. The number of piperidine rings is 1. The molecule has 0 bridgehead atoms. The van der Waals surface area contributed by atoms with Crippen molar-refractivity contribution >= 4 is 0 Å². The van der Waals surface area contributed by atoms with Crippen molar-refractivity contribution in [2.24, 2.45) is 0 Å². The average Bonchev–Trinajstić information content (AvgIpc) is 2.42. The second-order valence-corrected chi connectivity index (χ2v) is 3.96. The zero-order valence-corrected chi connectivity index (χ0v) is 7.24. The maximum Gasteiger partial charge on any atom is 0.108 e. The van der Waals surface area contributed by atoms with Gasteiger partial charge in [-0.05, 0) is 6.42 Å². The van der Waals surface area contributed by atoms with Crippen LogP contribution in [0.5, 0.6) is 0 Å². The van der Waals surface area contributed by atoms with Crippen LogP contribution in [0.3, 0.4) is 0 Å². The first-order valence-corrected chi connectivity index (χ1v) is 4.56. The van der Waals surface area contributed by atoms with Gasteiger partial charge in [-0.1, -0.05) is 0 Å². The van der Waals surface area contributed by atoms with E-state index < -0.39 is 24.4 Å². The molecule has 2 rings (SSSR count). The van der Waals surface area contributed by atoms with Gasteiger partial charge in [0.15, 0.2) is 0 Å². The van der Waals surface area contributed by atoms with Gasteiger partial charge in [0.2, 0.25) is 0 Å². The SMILES string of the molecule is O[C@H]1C[C@@H]2[C@@H](O)[C@@H](O)[C@@H](O)CN2C1. The van der Waals surface area contributed by atoms with E-state index in [0.29, 0.717) is 19.5 Å². The van der Waals surface area contributed by atoms with Gasteiger partial charge in [-0.25, -0.2) is 0 Å². The van der Waals surface area contributed by atoms with Crippen LogP contribution in [0.1, 0.15) is 6.42 Å². The lowest BCUT2D eigenvalue weighted by Crippen LogP contribution is -2.58. The third-order valence-electron chi connectivity index (χ3n) is 2.99. The van der Waals surface area contributed by atoms with Crippen LogP contribution >= 0.6 is 0 Å². The standard InChI is InChI=1S/C8H15NO4/c10-4-1-5-7(12)8(13)6(11)3-9(5)2-4/h4-8,10-13H,1-3H2/t4-,5+,6-,7+,8-/m0/s1. The number of fused-ring (bicyclic) bond motifs is 1. The van der Waals surface area contributed by atoms with Crippen LogP contribution in [0.15, 0.2) is 0 Å². The fourth-order valence-corrected chi connectivity index (χ4v) is 2.28. The molecule has 76 valence electrons. The van der Waals surface area contributed by atoms with Crippen LogP contribution in [-0.2, 0) is 0 Å². The van der Waals surface area contributed by atoms with E-state index in [1.54, 1.807) is 0 Å². The summed E-state index contributed by atoms with van der Waals surface area (Å²) in [5.41, 5.74) is 0. The molecule has 2 aliphatic heterocycles. The Balaban J connectivity index is 2.11. The fourth-order valence-electron chi connectivity index (χ4n) is 2.28. The van der Waals surface area contributed by atoms with Crippen molar-refractivity contribution in [2.75, 3.05) is 13.1 Å². The molecule has 2 saturated heterocycles. The van der Waals surface area contributed by atoms with E-state index >= 15 is 0 Å². The van der Waals surface area contributed by atoms with Crippen molar-refractivity contribution in [1.82, 2.24) is 4.90 Å². The lowest BCUT2D eigenvalue weighted by Gasteiger charge is -2.39. The molecule has 0 aromatic heterocycles. The highest BCUT2D eigenvalue weighted by molar-refractivity contribution is 4.99. The highest BCUT2D eigenvalue weighted by atomic mass is 16.4. The Hall–Kier alpha value is -0.200. The van der Waals surface area contributed by atoms with Crippen molar-refractivity contribution in [3.8, 4) is 0 Å². The maximum absolute atomic E-state index is 9.57. The molecule has 0 amide bonds. The molecule has 0 saturated carbocycles. The summed E-state index contributed by atoms with van der Waals surface area (Å²) in [4.78, 5) is 1.83. The monoisotopic (exact) mass is 189 g/mol. The number of hydrogen-bond acceptors (Lipinski definition) is 5. The summed E-state index contributed by atoms with van der Waals surface area (Å²) < 4.78 is 0. The van der Waals surface area contributed by atoms with Gasteiger partial charge in [0, 0.05) is 19.1 Å². The first-order chi connectivity index (χ1) is 6.09. The zero-order valence-electron chi connectivity index (χ0n) is 7.24. The molecule has 5 atom stereocenters. The molecule has 2 heterocycles. The minimum atomic E-state index is -1.08. The number of nitrogens with zero attached hydrogens (tertiary/aromatic N) is 1. The van der Waals surface area contributed by atoms with Crippen LogP contribution < -0.4 is 0 Å². The molecule has 0 spiro atoms. The number of aliphatic hydroxyl groups is 4. The summed E-state index contributed by atoms with van der Waals surface area (Å²) in [6, 6.07) is -0.201. The predicted molar refractivity (Wildman–Crippen MR) is 44.0 cm³/mol. The van der Waals surface area contributed by atoms with Gasteiger partial charge in [-0.3, -0.25) is 4.90 Å². The summed E-state index contributed by atoms with van der Waals surface area (Å²) >= 11 is 0. The maximum atomic E-state index is 9.57. The second-order valence-electron chi connectivity index (χ2n) is 3.96. The van der Waals surface area contributed by atoms with Gasteiger partial charge >= 0.3 is 0 Å². The Labute approximate surface area is 76.2 Å². The van der Waals surface area contributed by atoms with Gasteiger partial charge < -0.3 is 20.4 Å². The van der Waals surface area contributed by atoms with E-state index in [1.165, 1.54) is 0 Å². The van der Waals surface area contributed by atoms with Gasteiger partial charge in [0.05, 0.1) is 18.3 Å². The zero-order chi connectivity index (χ0) is 9.59. The summed E-state index contributed by atoms with van der Waals surface area (Å²) in [7, 11) is 0. The fraction of sp³-hybridized carbons (Fsp3) is 1.00. The van der Waals surface area contributed by atoms with Gasteiger partial charge in [0.25, 0.3) is 0 Å². The molecule has 0 unspecified atom stereocenters. The summed E-state index contributed by atoms with van der Waals surface area (Å²) in [6.07, 6.45) is -2.90. The first-order valence-electron chi connectivity index (χ1n) is 4.56. The molecule has 0 aromatic rings. The van der Waals surface area contributed by atoms with E-state index in [1.807, 2.05) is 4.90 Å². The third kappa shape index (κ3) is 1.47. The Kier molecular flexibility index (Phi) is 2.29. The minimum Gasteiger partial charge on any atom is -0.392 e. The molecule has 4 N–H and O–H groups in total. The molecule has 13 heavy (non-hydrogen) atoms. The van der Waals surface area contributed by atoms with Crippen LogP contribution in [-0.4, -0.2) is 68.9 Å².